The van der Waals surface area contributed by atoms with E-state index in [4.69, 9.17) is 0 Å². The molecule has 0 bridgehead atoms. The molecule has 1 aromatic heterocycles. The summed E-state index contributed by atoms with van der Waals surface area (Å²) in [7, 11) is 0. The van der Waals surface area contributed by atoms with E-state index < -0.39 is 0 Å². The van der Waals surface area contributed by atoms with E-state index in [1.807, 2.05) is 18.2 Å². The van der Waals surface area contributed by atoms with Crippen molar-refractivity contribution in [3.8, 4) is 0 Å². The van der Waals surface area contributed by atoms with Gasteiger partial charge in [-0.15, -0.1) is 0 Å². The summed E-state index contributed by atoms with van der Waals surface area (Å²) in [5.74, 6) is 0.301. The van der Waals surface area contributed by atoms with Crippen molar-refractivity contribution >= 4 is 11.6 Å². The van der Waals surface area contributed by atoms with Gasteiger partial charge in [0.1, 0.15) is 0 Å². The highest BCUT2D eigenvalue weighted by molar-refractivity contribution is 6.04. The van der Waals surface area contributed by atoms with Gasteiger partial charge in [-0.3, -0.25) is 14.7 Å². The molecule has 1 saturated heterocycles. The summed E-state index contributed by atoms with van der Waals surface area (Å²) < 4.78 is 0. The molecule has 2 N–H and O–H groups in total. The van der Waals surface area contributed by atoms with Gasteiger partial charge < -0.3 is 10.4 Å². The summed E-state index contributed by atoms with van der Waals surface area (Å²) in [6.07, 6.45) is 5.31. The van der Waals surface area contributed by atoms with Crippen LogP contribution in [0.5, 0.6) is 0 Å². The fraction of sp³-hybridized carbons (Fsp3) is 0.368. The topological polar surface area (TPSA) is 65.5 Å². The third-order valence-corrected chi connectivity index (χ3v) is 4.48. The highest BCUT2D eigenvalue weighted by Crippen LogP contribution is 2.20. The number of carbonyl (C=O) groups is 1. The van der Waals surface area contributed by atoms with Gasteiger partial charge in [0, 0.05) is 31.2 Å². The number of anilines is 1. The molecule has 0 spiro atoms. The molecule has 1 amide bonds. The van der Waals surface area contributed by atoms with Crippen LogP contribution in [0.1, 0.15) is 28.8 Å². The van der Waals surface area contributed by atoms with Gasteiger partial charge in [0.25, 0.3) is 5.91 Å². The average molecular weight is 325 g/mol. The van der Waals surface area contributed by atoms with Crippen molar-refractivity contribution in [2.75, 3.05) is 25.0 Å². The molecule has 0 aliphatic carbocycles. The first-order valence-electron chi connectivity index (χ1n) is 8.38. The predicted molar refractivity (Wildman–Crippen MR) is 93.7 cm³/mol. The summed E-state index contributed by atoms with van der Waals surface area (Å²) in [4.78, 5) is 18.6. The Morgan fingerprint density at radius 1 is 1.25 bits per heavy atom. The quantitative estimate of drug-likeness (QED) is 0.887. The largest absolute Gasteiger partial charge is 0.396 e. The molecule has 0 radical (unpaired) electrons. The Morgan fingerprint density at radius 3 is 2.79 bits per heavy atom. The minimum Gasteiger partial charge on any atom is -0.396 e. The van der Waals surface area contributed by atoms with Gasteiger partial charge in [0.2, 0.25) is 0 Å². The Hall–Kier alpha value is -2.24. The third kappa shape index (κ3) is 4.40. The number of hydrogen-bond acceptors (Lipinski definition) is 4. The highest BCUT2D eigenvalue weighted by Gasteiger charge is 2.18. The number of likely N-dealkylation sites (tertiary alicyclic amines) is 1. The van der Waals surface area contributed by atoms with Crippen molar-refractivity contribution in [2.24, 2.45) is 5.92 Å². The molecule has 1 aliphatic heterocycles. The van der Waals surface area contributed by atoms with Crippen molar-refractivity contribution < 1.29 is 9.90 Å². The Bertz CT molecular complexity index is 667. The second-order valence-corrected chi connectivity index (χ2v) is 6.30. The Balaban J connectivity index is 1.59. The lowest BCUT2D eigenvalue weighted by molar-refractivity contribution is 0.102. The van der Waals surface area contributed by atoms with E-state index in [2.05, 4.69) is 21.3 Å². The van der Waals surface area contributed by atoms with Gasteiger partial charge in [0.05, 0.1) is 5.56 Å². The SMILES string of the molecule is O=C(Nc1cccc(CN2CCC(CO)CC2)c1)c1cccnc1. The minimum absolute atomic E-state index is 0.149. The number of rotatable bonds is 5. The molecular formula is C19H23N3O2. The summed E-state index contributed by atoms with van der Waals surface area (Å²) in [5.41, 5.74) is 2.53. The van der Waals surface area contributed by atoms with E-state index in [-0.39, 0.29) is 5.91 Å². The molecule has 0 atom stereocenters. The zero-order valence-electron chi connectivity index (χ0n) is 13.7. The standard InChI is InChI=1S/C19H23N3O2/c23-14-15-6-9-22(10-7-15)13-16-3-1-5-18(11-16)21-19(24)17-4-2-8-20-12-17/h1-5,8,11-12,15,23H,6-7,9-10,13-14H2,(H,21,24). The van der Waals surface area contributed by atoms with E-state index in [0.717, 1.165) is 38.2 Å². The molecule has 5 nitrogen and oxygen atoms in total. The summed E-state index contributed by atoms with van der Waals surface area (Å²) in [5, 5.41) is 12.1. The number of benzene rings is 1. The van der Waals surface area contributed by atoms with E-state index in [1.54, 1.807) is 24.5 Å². The lowest BCUT2D eigenvalue weighted by Gasteiger charge is -2.31. The lowest BCUT2D eigenvalue weighted by Crippen LogP contribution is -2.34. The van der Waals surface area contributed by atoms with Crippen LogP contribution >= 0.6 is 0 Å². The zero-order valence-corrected chi connectivity index (χ0v) is 13.7. The molecule has 2 heterocycles. The van der Waals surface area contributed by atoms with Crippen LogP contribution in [-0.4, -0.2) is 40.6 Å². The number of amides is 1. The molecule has 0 saturated carbocycles. The van der Waals surface area contributed by atoms with Crippen molar-refractivity contribution in [1.29, 1.82) is 0 Å². The molecule has 0 unspecified atom stereocenters. The molecule has 1 fully saturated rings. The maximum absolute atomic E-state index is 12.2. The normalized spacial score (nSPS) is 16.0. The van der Waals surface area contributed by atoms with Gasteiger partial charge in [-0.25, -0.2) is 0 Å². The molecule has 126 valence electrons. The Morgan fingerprint density at radius 2 is 2.08 bits per heavy atom. The first-order valence-corrected chi connectivity index (χ1v) is 8.38. The Kier molecular flexibility index (Phi) is 5.56. The number of aromatic nitrogens is 1. The van der Waals surface area contributed by atoms with Crippen LogP contribution < -0.4 is 5.32 Å². The van der Waals surface area contributed by atoms with E-state index in [9.17, 15) is 9.90 Å². The highest BCUT2D eigenvalue weighted by atomic mass is 16.3. The minimum atomic E-state index is -0.149. The molecule has 1 aromatic carbocycles. The molecule has 1 aliphatic rings. The maximum Gasteiger partial charge on any atom is 0.257 e. The number of carbonyl (C=O) groups excluding carboxylic acids is 1. The summed E-state index contributed by atoms with van der Waals surface area (Å²) >= 11 is 0. The molecular weight excluding hydrogens is 302 g/mol. The van der Waals surface area contributed by atoms with Gasteiger partial charge >= 0.3 is 0 Å². The third-order valence-electron chi connectivity index (χ3n) is 4.48. The van der Waals surface area contributed by atoms with Crippen LogP contribution in [0.15, 0.2) is 48.8 Å². The van der Waals surface area contributed by atoms with Gasteiger partial charge in [-0.05, 0) is 61.7 Å². The van der Waals surface area contributed by atoms with Gasteiger partial charge in [-0.2, -0.15) is 0 Å². The summed E-state index contributed by atoms with van der Waals surface area (Å²) in [6, 6.07) is 11.5. The van der Waals surface area contributed by atoms with Crippen LogP contribution in [0.3, 0.4) is 0 Å². The van der Waals surface area contributed by atoms with Crippen molar-refractivity contribution in [1.82, 2.24) is 9.88 Å². The number of nitrogens with zero attached hydrogens (tertiary/aromatic N) is 2. The van der Waals surface area contributed by atoms with Crippen LogP contribution in [-0.2, 0) is 6.54 Å². The fourth-order valence-electron chi connectivity index (χ4n) is 3.03. The van der Waals surface area contributed by atoms with Crippen LogP contribution in [0.25, 0.3) is 0 Å². The van der Waals surface area contributed by atoms with E-state index in [0.29, 0.717) is 18.1 Å². The number of pyridine rings is 1. The first kappa shape index (κ1) is 16.6. The number of aliphatic hydroxyl groups is 1. The fourth-order valence-corrected chi connectivity index (χ4v) is 3.03. The lowest BCUT2D eigenvalue weighted by atomic mass is 9.97. The second kappa shape index (κ2) is 8.04. The van der Waals surface area contributed by atoms with Crippen LogP contribution in [0, 0.1) is 5.92 Å². The first-order chi connectivity index (χ1) is 11.7. The summed E-state index contributed by atoms with van der Waals surface area (Å²) in [6.45, 7) is 3.19. The predicted octanol–water partition coefficient (Wildman–Crippen LogP) is 2.54. The van der Waals surface area contributed by atoms with Crippen LogP contribution in [0.4, 0.5) is 5.69 Å². The maximum atomic E-state index is 12.2. The average Bonchev–Trinajstić information content (AvgIpc) is 2.63. The molecule has 3 rings (SSSR count). The monoisotopic (exact) mass is 325 g/mol. The molecule has 2 aromatic rings. The van der Waals surface area contributed by atoms with Crippen molar-refractivity contribution in [2.45, 2.75) is 19.4 Å². The molecule has 5 heteroatoms. The van der Waals surface area contributed by atoms with Crippen LogP contribution in [0.2, 0.25) is 0 Å². The Labute approximate surface area is 142 Å². The van der Waals surface area contributed by atoms with Gasteiger partial charge in [0.15, 0.2) is 0 Å². The number of nitrogens with one attached hydrogen (secondary N) is 1. The smallest absolute Gasteiger partial charge is 0.257 e. The zero-order chi connectivity index (χ0) is 16.8. The van der Waals surface area contributed by atoms with E-state index >= 15 is 0 Å². The number of aliphatic hydroxyl groups excluding tert-OH is 1. The van der Waals surface area contributed by atoms with Crippen molar-refractivity contribution in [3.63, 3.8) is 0 Å². The van der Waals surface area contributed by atoms with Gasteiger partial charge in [-0.1, -0.05) is 12.1 Å². The number of piperidine rings is 1. The second-order valence-electron chi connectivity index (χ2n) is 6.30. The molecule has 24 heavy (non-hydrogen) atoms. The number of hydrogen-bond donors (Lipinski definition) is 2. The van der Waals surface area contributed by atoms with E-state index in [1.165, 1.54) is 5.56 Å². The van der Waals surface area contributed by atoms with Crippen molar-refractivity contribution in [3.05, 3.63) is 59.9 Å².